The van der Waals surface area contributed by atoms with Crippen molar-refractivity contribution in [1.82, 2.24) is 15.1 Å². The molecule has 0 spiro atoms. The SMILES string of the molecule is Nc1ccc(Br)cc1-c1nc(-c2ccncc2)no1. The summed E-state index contributed by atoms with van der Waals surface area (Å²) in [6.07, 6.45) is 3.36. The third kappa shape index (κ3) is 2.34. The molecule has 3 aromatic rings. The number of rotatable bonds is 2. The zero-order valence-corrected chi connectivity index (χ0v) is 11.3. The van der Waals surface area contributed by atoms with Crippen LogP contribution in [0.4, 0.5) is 5.69 Å². The summed E-state index contributed by atoms with van der Waals surface area (Å²) >= 11 is 3.39. The van der Waals surface area contributed by atoms with E-state index in [9.17, 15) is 0 Å². The van der Waals surface area contributed by atoms with E-state index in [2.05, 4.69) is 31.1 Å². The Bertz CT molecular complexity index is 712. The second-order valence-electron chi connectivity index (χ2n) is 3.89. The third-order valence-corrected chi connectivity index (χ3v) is 3.10. The molecule has 94 valence electrons. The van der Waals surface area contributed by atoms with Crippen LogP contribution in [0.2, 0.25) is 0 Å². The van der Waals surface area contributed by atoms with E-state index in [1.54, 1.807) is 18.5 Å². The Balaban J connectivity index is 2.04. The summed E-state index contributed by atoms with van der Waals surface area (Å²) < 4.78 is 6.16. The Morgan fingerprint density at radius 2 is 1.89 bits per heavy atom. The molecule has 6 heteroatoms. The first-order valence-corrected chi connectivity index (χ1v) is 6.33. The van der Waals surface area contributed by atoms with Crippen molar-refractivity contribution in [2.45, 2.75) is 0 Å². The normalized spacial score (nSPS) is 10.6. The molecule has 1 aromatic carbocycles. The Kier molecular flexibility index (Phi) is 3.00. The molecule has 0 atom stereocenters. The smallest absolute Gasteiger partial charge is 0.260 e. The van der Waals surface area contributed by atoms with E-state index in [-0.39, 0.29) is 0 Å². The molecule has 2 heterocycles. The highest BCUT2D eigenvalue weighted by molar-refractivity contribution is 9.10. The molecule has 2 N–H and O–H groups in total. The van der Waals surface area contributed by atoms with Crippen molar-refractivity contribution in [3.63, 3.8) is 0 Å². The number of benzene rings is 1. The van der Waals surface area contributed by atoms with Crippen molar-refractivity contribution < 1.29 is 4.52 Å². The molecule has 0 fully saturated rings. The first-order chi connectivity index (χ1) is 9.24. The monoisotopic (exact) mass is 316 g/mol. The number of halogens is 1. The summed E-state index contributed by atoms with van der Waals surface area (Å²) in [7, 11) is 0. The van der Waals surface area contributed by atoms with Gasteiger partial charge in [-0.05, 0) is 30.3 Å². The van der Waals surface area contributed by atoms with Crippen molar-refractivity contribution in [3.8, 4) is 22.8 Å². The minimum absolute atomic E-state index is 0.394. The summed E-state index contributed by atoms with van der Waals surface area (Å²) in [6.45, 7) is 0. The van der Waals surface area contributed by atoms with E-state index in [4.69, 9.17) is 10.3 Å². The van der Waals surface area contributed by atoms with Gasteiger partial charge in [-0.3, -0.25) is 4.98 Å². The Morgan fingerprint density at radius 1 is 1.11 bits per heavy atom. The van der Waals surface area contributed by atoms with Gasteiger partial charge in [0.05, 0.1) is 5.56 Å². The molecule has 0 unspecified atom stereocenters. The van der Waals surface area contributed by atoms with Crippen molar-refractivity contribution in [3.05, 3.63) is 47.2 Å². The van der Waals surface area contributed by atoms with Crippen LogP contribution in [0.1, 0.15) is 0 Å². The molecule has 0 aliphatic carbocycles. The van der Waals surface area contributed by atoms with Crippen molar-refractivity contribution in [2.24, 2.45) is 0 Å². The summed E-state index contributed by atoms with van der Waals surface area (Å²) in [5.41, 5.74) is 8.06. The van der Waals surface area contributed by atoms with Gasteiger partial charge in [0.1, 0.15) is 0 Å². The van der Waals surface area contributed by atoms with Gasteiger partial charge in [-0.25, -0.2) is 0 Å². The van der Waals surface area contributed by atoms with Gasteiger partial charge in [-0.15, -0.1) is 0 Å². The van der Waals surface area contributed by atoms with Crippen molar-refractivity contribution in [2.75, 3.05) is 5.73 Å². The highest BCUT2D eigenvalue weighted by Gasteiger charge is 2.13. The predicted molar refractivity (Wildman–Crippen MR) is 75.1 cm³/mol. The molecule has 0 saturated heterocycles. The fraction of sp³-hybridized carbons (Fsp3) is 0. The second kappa shape index (κ2) is 4.81. The molecule has 0 aliphatic rings. The Hall–Kier alpha value is -2.21. The molecule has 19 heavy (non-hydrogen) atoms. The topological polar surface area (TPSA) is 77.8 Å². The van der Waals surface area contributed by atoms with Gasteiger partial charge >= 0.3 is 0 Å². The molecule has 0 aliphatic heterocycles. The fourth-order valence-corrected chi connectivity index (χ4v) is 2.03. The number of aromatic nitrogens is 3. The van der Waals surface area contributed by atoms with Gasteiger partial charge < -0.3 is 10.3 Å². The second-order valence-corrected chi connectivity index (χ2v) is 4.81. The van der Waals surface area contributed by atoms with Crippen LogP contribution in [-0.2, 0) is 0 Å². The molecule has 0 bridgehead atoms. The lowest BCUT2D eigenvalue weighted by Gasteiger charge is -2.00. The maximum atomic E-state index is 5.91. The van der Waals surface area contributed by atoms with Gasteiger partial charge in [-0.2, -0.15) is 4.98 Å². The molecular formula is C13H9BrN4O. The minimum atomic E-state index is 0.394. The van der Waals surface area contributed by atoms with Crippen LogP contribution in [0.25, 0.3) is 22.8 Å². The summed E-state index contributed by atoms with van der Waals surface area (Å²) in [5, 5.41) is 3.95. The van der Waals surface area contributed by atoms with E-state index < -0.39 is 0 Å². The summed E-state index contributed by atoms with van der Waals surface area (Å²) in [5.74, 6) is 0.905. The minimum Gasteiger partial charge on any atom is -0.398 e. The number of hydrogen-bond donors (Lipinski definition) is 1. The van der Waals surface area contributed by atoms with Gasteiger partial charge in [0.15, 0.2) is 0 Å². The van der Waals surface area contributed by atoms with E-state index in [1.807, 2.05) is 24.3 Å². The lowest BCUT2D eigenvalue weighted by atomic mass is 10.2. The van der Waals surface area contributed by atoms with Crippen LogP contribution in [0, 0.1) is 0 Å². The van der Waals surface area contributed by atoms with Crippen LogP contribution in [0.15, 0.2) is 51.7 Å². The first-order valence-electron chi connectivity index (χ1n) is 5.53. The zero-order valence-electron chi connectivity index (χ0n) is 9.75. The van der Waals surface area contributed by atoms with Gasteiger partial charge in [0.25, 0.3) is 5.89 Å². The van der Waals surface area contributed by atoms with E-state index in [0.717, 1.165) is 10.0 Å². The van der Waals surface area contributed by atoms with E-state index >= 15 is 0 Å². The standard InChI is InChI=1S/C13H9BrN4O/c14-9-1-2-11(15)10(7-9)13-17-12(18-19-13)8-3-5-16-6-4-8/h1-7H,15H2. The van der Waals surface area contributed by atoms with E-state index in [0.29, 0.717) is 23.0 Å². The first kappa shape index (κ1) is 11.9. The van der Waals surface area contributed by atoms with Crippen molar-refractivity contribution in [1.29, 1.82) is 0 Å². The third-order valence-electron chi connectivity index (χ3n) is 2.61. The van der Waals surface area contributed by atoms with Crippen LogP contribution in [-0.4, -0.2) is 15.1 Å². The highest BCUT2D eigenvalue weighted by atomic mass is 79.9. The molecular weight excluding hydrogens is 308 g/mol. The number of nitrogen functional groups attached to an aromatic ring is 1. The summed E-state index contributed by atoms with van der Waals surface area (Å²) in [4.78, 5) is 8.30. The van der Waals surface area contributed by atoms with Crippen LogP contribution >= 0.6 is 15.9 Å². The molecule has 2 aromatic heterocycles. The maximum Gasteiger partial charge on any atom is 0.260 e. The lowest BCUT2D eigenvalue weighted by molar-refractivity contribution is 0.432. The fourth-order valence-electron chi connectivity index (χ4n) is 1.66. The average Bonchev–Trinajstić information content (AvgIpc) is 2.92. The van der Waals surface area contributed by atoms with Gasteiger partial charge in [-0.1, -0.05) is 21.1 Å². The van der Waals surface area contributed by atoms with Crippen LogP contribution in [0.5, 0.6) is 0 Å². The van der Waals surface area contributed by atoms with Crippen LogP contribution in [0.3, 0.4) is 0 Å². The lowest BCUT2D eigenvalue weighted by Crippen LogP contribution is -1.90. The average molecular weight is 317 g/mol. The van der Waals surface area contributed by atoms with Crippen LogP contribution < -0.4 is 5.73 Å². The number of nitrogens with zero attached hydrogens (tertiary/aromatic N) is 3. The van der Waals surface area contributed by atoms with Crippen molar-refractivity contribution >= 4 is 21.6 Å². The number of hydrogen-bond acceptors (Lipinski definition) is 5. The molecule has 3 rings (SSSR count). The summed E-state index contributed by atoms with van der Waals surface area (Å²) in [6, 6.07) is 9.13. The zero-order chi connectivity index (χ0) is 13.2. The molecule has 0 radical (unpaired) electrons. The van der Waals surface area contributed by atoms with Gasteiger partial charge in [0, 0.05) is 28.1 Å². The maximum absolute atomic E-state index is 5.91. The number of nitrogens with two attached hydrogens (primary N) is 1. The van der Waals surface area contributed by atoms with E-state index in [1.165, 1.54) is 0 Å². The molecule has 0 saturated carbocycles. The Morgan fingerprint density at radius 3 is 2.68 bits per heavy atom. The molecule has 0 amide bonds. The quantitative estimate of drug-likeness (QED) is 0.735. The molecule has 5 nitrogen and oxygen atoms in total. The Labute approximate surface area is 117 Å². The number of pyridine rings is 1. The predicted octanol–water partition coefficient (Wildman–Crippen LogP) is 3.14. The van der Waals surface area contributed by atoms with Gasteiger partial charge in [0.2, 0.25) is 5.82 Å². The largest absolute Gasteiger partial charge is 0.398 e. The highest BCUT2D eigenvalue weighted by Crippen LogP contribution is 2.29. The number of anilines is 1.